The monoisotopic (exact) mass is 256 g/mol. The smallest absolute Gasteiger partial charge is 0.235 e. The van der Waals surface area contributed by atoms with Gasteiger partial charge in [0, 0.05) is 12.6 Å². The van der Waals surface area contributed by atoms with Gasteiger partial charge < -0.3 is 10.6 Å². The van der Waals surface area contributed by atoms with Gasteiger partial charge >= 0.3 is 0 Å². The number of carbonyl (C=O) groups is 1. The van der Waals surface area contributed by atoms with Crippen molar-refractivity contribution in [2.45, 2.75) is 58.9 Å². The Labute approximate surface area is 110 Å². The molecule has 1 fully saturated rings. The maximum absolute atomic E-state index is 12.5. The van der Waals surface area contributed by atoms with E-state index in [4.69, 9.17) is 18.0 Å². The highest BCUT2D eigenvalue weighted by atomic mass is 32.1. The zero-order chi connectivity index (χ0) is 13.1. The van der Waals surface area contributed by atoms with Crippen molar-refractivity contribution in [3.05, 3.63) is 0 Å². The fraction of sp³-hybridized carbons (Fsp3) is 0.846. The van der Waals surface area contributed by atoms with Crippen molar-refractivity contribution >= 4 is 23.1 Å². The fourth-order valence-corrected chi connectivity index (χ4v) is 2.38. The van der Waals surface area contributed by atoms with Gasteiger partial charge in [-0.1, -0.05) is 32.0 Å². The standard InChI is InChI=1S/C13H24N2OS/c1-4-5-6-9-15(10(2)3)12(16)13(7-8-13)11(14)17/h10H,4-9H2,1-3H3,(H2,14,17). The van der Waals surface area contributed by atoms with E-state index >= 15 is 0 Å². The Bertz CT molecular complexity index is 298. The minimum Gasteiger partial charge on any atom is -0.392 e. The van der Waals surface area contributed by atoms with Crippen molar-refractivity contribution in [2.75, 3.05) is 6.54 Å². The summed E-state index contributed by atoms with van der Waals surface area (Å²) in [6.07, 6.45) is 5.06. The lowest BCUT2D eigenvalue weighted by Crippen LogP contribution is -2.46. The van der Waals surface area contributed by atoms with Gasteiger partial charge in [-0.2, -0.15) is 0 Å². The Kier molecular flexibility index (Phi) is 4.92. The highest BCUT2D eigenvalue weighted by Gasteiger charge is 2.54. The largest absolute Gasteiger partial charge is 0.392 e. The Morgan fingerprint density at radius 2 is 2.00 bits per heavy atom. The lowest BCUT2D eigenvalue weighted by atomic mass is 10.0. The van der Waals surface area contributed by atoms with Crippen LogP contribution in [0.5, 0.6) is 0 Å². The first-order valence-electron chi connectivity index (χ1n) is 6.56. The van der Waals surface area contributed by atoms with E-state index in [-0.39, 0.29) is 11.9 Å². The first-order chi connectivity index (χ1) is 7.95. The lowest BCUT2D eigenvalue weighted by Gasteiger charge is -2.30. The van der Waals surface area contributed by atoms with E-state index in [1.807, 2.05) is 4.90 Å². The highest BCUT2D eigenvalue weighted by Crippen LogP contribution is 2.47. The molecule has 3 nitrogen and oxygen atoms in total. The molecule has 0 heterocycles. The summed E-state index contributed by atoms with van der Waals surface area (Å²) >= 11 is 5.04. The number of carbonyl (C=O) groups excluding carboxylic acids is 1. The molecule has 0 radical (unpaired) electrons. The van der Waals surface area contributed by atoms with Gasteiger partial charge in [0.25, 0.3) is 0 Å². The van der Waals surface area contributed by atoms with Crippen LogP contribution in [0.3, 0.4) is 0 Å². The van der Waals surface area contributed by atoms with Crippen LogP contribution in [0.25, 0.3) is 0 Å². The van der Waals surface area contributed by atoms with Crippen LogP contribution in [0.15, 0.2) is 0 Å². The summed E-state index contributed by atoms with van der Waals surface area (Å²) < 4.78 is 0. The lowest BCUT2D eigenvalue weighted by molar-refractivity contribution is -0.136. The minimum absolute atomic E-state index is 0.149. The number of thiocarbonyl (C=S) groups is 1. The van der Waals surface area contributed by atoms with Gasteiger partial charge in [0.15, 0.2) is 0 Å². The molecule has 1 aliphatic carbocycles. The molecule has 1 saturated carbocycles. The predicted molar refractivity (Wildman–Crippen MR) is 74.8 cm³/mol. The number of hydrogen-bond acceptors (Lipinski definition) is 2. The molecule has 0 aromatic heterocycles. The zero-order valence-electron chi connectivity index (χ0n) is 11.2. The number of nitrogens with zero attached hydrogens (tertiary/aromatic N) is 1. The molecule has 0 spiro atoms. The van der Waals surface area contributed by atoms with Crippen LogP contribution in [-0.2, 0) is 4.79 Å². The summed E-state index contributed by atoms with van der Waals surface area (Å²) in [5.41, 5.74) is 5.22. The zero-order valence-corrected chi connectivity index (χ0v) is 12.0. The fourth-order valence-electron chi connectivity index (χ4n) is 2.09. The van der Waals surface area contributed by atoms with E-state index < -0.39 is 5.41 Å². The molecule has 4 heteroatoms. The van der Waals surface area contributed by atoms with Gasteiger partial charge in [-0.3, -0.25) is 4.79 Å². The van der Waals surface area contributed by atoms with Crippen LogP contribution >= 0.6 is 12.2 Å². The number of rotatable bonds is 7. The molecule has 1 aliphatic rings. The molecule has 0 unspecified atom stereocenters. The van der Waals surface area contributed by atoms with Crippen LogP contribution in [0.1, 0.15) is 52.9 Å². The van der Waals surface area contributed by atoms with Gasteiger partial charge in [0.1, 0.15) is 0 Å². The third-order valence-electron chi connectivity index (χ3n) is 3.52. The second kappa shape index (κ2) is 5.80. The summed E-state index contributed by atoms with van der Waals surface area (Å²) in [6, 6.07) is 0.228. The molecule has 0 saturated heterocycles. The van der Waals surface area contributed by atoms with E-state index in [0.29, 0.717) is 4.99 Å². The quantitative estimate of drug-likeness (QED) is 0.562. The van der Waals surface area contributed by atoms with E-state index in [1.54, 1.807) is 0 Å². The number of nitrogens with two attached hydrogens (primary N) is 1. The SMILES string of the molecule is CCCCCN(C(=O)C1(C(N)=S)CC1)C(C)C. The van der Waals surface area contributed by atoms with Crippen LogP contribution in [0, 0.1) is 5.41 Å². The van der Waals surface area contributed by atoms with Crippen molar-refractivity contribution in [1.29, 1.82) is 0 Å². The summed E-state index contributed by atoms with van der Waals surface area (Å²) in [6.45, 7) is 7.10. The van der Waals surface area contributed by atoms with E-state index in [9.17, 15) is 4.79 Å². The van der Waals surface area contributed by atoms with Gasteiger partial charge in [-0.05, 0) is 33.1 Å². The van der Waals surface area contributed by atoms with Crippen LogP contribution < -0.4 is 5.73 Å². The molecule has 98 valence electrons. The van der Waals surface area contributed by atoms with Gasteiger partial charge in [-0.15, -0.1) is 0 Å². The van der Waals surface area contributed by atoms with Gasteiger partial charge in [0.2, 0.25) is 5.91 Å². The number of hydrogen-bond donors (Lipinski definition) is 1. The molecule has 0 aromatic carbocycles. The second-order valence-corrected chi connectivity index (χ2v) is 5.69. The molecule has 0 bridgehead atoms. The summed E-state index contributed by atoms with van der Waals surface area (Å²) in [5.74, 6) is 0.149. The molecule has 0 aliphatic heterocycles. The van der Waals surface area contributed by atoms with Crippen molar-refractivity contribution in [1.82, 2.24) is 4.90 Å². The minimum atomic E-state index is -0.494. The van der Waals surface area contributed by atoms with Crippen LogP contribution in [0.4, 0.5) is 0 Å². The highest BCUT2D eigenvalue weighted by molar-refractivity contribution is 7.80. The first kappa shape index (κ1) is 14.4. The number of amides is 1. The van der Waals surface area contributed by atoms with Gasteiger partial charge in [0.05, 0.1) is 10.4 Å². The topological polar surface area (TPSA) is 46.3 Å². The molecule has 1 amide bonds. The van der Waals surface area contributed by atoms with Crippen molar-refractivity contribution in [3.63, 3.8) is 0 Å². The van der Waals surface area contributed by atoms with Crippen molar-refractivity contribution < 1.29 is 4.79 Å². The van der Waals surface area contributed by atoms with Crippen molar-refractivity contribution in [2.24, 2.45) is 11.1 Å². The van der Waals surface area contributed by atoms with Crippen LogP contribution in [0.2, 0.25) is 0 Å². The Morgan fingerprint density at radius 1 is 1.41 bits per heavy atom. The van der Waals surface area contributed by atoms with Crippen LogP contribution in [-0.4, -0.2) is 28.4 Å². The summed E-state index contributed by atoms with van der Waals surface area (Å²) in [5, 5.41) is 0. The normalized spacial score (nSPS) is 16.9. The predicted octanol–water partition coefficient (Wildman–Crippen LogP) is 2.48. The first-order valence-corrected chi connectivity index (χ1v) is 6.97. The third kappa shape index (κ3) is 3.18. The average molecular weight is 256 g/mol. The molecular weight excluding hydrogens is 232 g/mol. The summed E-state index contributed by atoms with van der Waals surface area (Å²) in [7, 11) is 0. The Balaban J connectivity index is 2.64. The molecular formula is C13H24N2OS. The molecule has 1 rings (SSSR count). The summed E-state index contributed by atoms with van der Waals surface area (Å²) in [4.78, 5) is 14.8. The molecule has 0 aromatic rings. The van der Waals surface area contributed by atoms with E-state index in [2.05, 4.69) is 20.8 Å². The van der Waals surface area contributed by atoms with Gasteiger partial charge in [-0.25, -0.2) is 0 Å². The average Bonchev–Trinajstić information content (AvgIpc) is 3.04. The Hall–Kier alpha value is -0.640. The molecule has 17 heavy (non-hydrogen) atoms. The number of unbranched alkanes of at least 4 members (excludes halogenated alkanes) is 2. The third-order valence-corrected chi connectivity index (χ3v) is 3.91. The van der Waals surface area contributed by atoms with E-state index in [0.717, 1.165) is 32.2 Å². The second-order valence-electron chi connectivity index (χ2n) is 5.25. The molecule has 0 atom stereocenters. The molecule has 2 N–H and O–H groups in total. The van der Waals surface area contributed by atoms with Crippen molar-refractivity contribution in [3.8, 4) is 0 Å². The maximum atomic E-state index is 12.5. The Morgan fingerprint density at radius 3 is 2.35 bits per heavy atom. The van der Waals surface area contributed by atoms with E-state index in [1.165, 1.54) is 6.42 Å². The maximum Gasteiger partial charge on any atom is 0.235 e.